The van der Waals surface area contributed by atoms with Crippen molar-refractivity contribution in [3.8, 4) is 0 Å². The van der Waals surface area contributed by atoms with Crippen LogP contribution in [0.15, 0.2) is 0 Å². The van der Waals surface area contributed by atoms with Crippen LogP contribution in [0, 0.1) is 6.92 Å². The van der Waals surface area contributed by atoms with Crippen LogP contribution in [0.2, 0.25) is 0 Å². The molecule has 1 aliphatic rings. The van der Waals surface area contributed by atoms with E-state index in [0.717, 1.165) is 18.8 Å². The first-order valence-corrected chi connectivity index (χ1v) is 7.13. The van der Waals surface area contributed by atoms with Crippen molar-refractivity contribution in [3.05, 3.63) is 11.3 Å². The van der Waals surface area contributed by atoms with Crippen molar-refractivity contribution in [2.45, 2.75) is 52.6 Å². The monoisotopic (exact) mass is 250 g/mol. The van der Waals surface area contributed by atoms with E-state index in [1.807, 2.05) is 11.7 Å². The number of hydrogen-bond donors (Lipinski definition) is 1. The second kappa shape index (κ2) is 5.74. The second-order valence-electron chi connectivity index (χ2n) is 5.38. The SMILES string of the molecule is CCNc1c(CN2CCCCC2C)c(C)nn1C. The number of aryl methyl sites for hydroxylation is 2. The topological polar surface area (TPSA) is 33.1 Å². The number of nitrogens with one attached hydrogen (secondary N) is 1. The fourth-order valence-corrected chi connectivity index (χ4v) is 2.88. The number of nitrogens with zero attached hydrogens (tertiary/aromatic N) is 3. The summed E-state index contributed by atoms with van der Waals surface area (Å²) in [5, 5.41) is 7.99. The molecule has 1 N–H and O–H groups in total. The van der Waals surface area contributed by atoms with Crippen molar-refractivity contribution in [2.24, 2.45) is 7.05 Å². The van der Waals surface area contributed by atoms with Gasteiger partial charge < -0.3 is 5.32 Å². The molecule has 2 heterocycles. The maximum absolute atomic E-state index is 4.55. The van der Waals surface area contributed by atoms with Crippen molar-refractivity contribution < 1.29 is 0 Å². The molecule has 4 heteroatoms. The van der Waals surface area contributed by atoms with Crippen molar-refractivity contribution >= 4 is 5.82 Å². The van der Waals surface area contributed by atoms with Gasteiger partial charge in [-0.05, 0) is 40.2 Å². The summed E-state index contributed by atoms with van der Waals surface area (Å²) < 4.78 is 1.97. The fraction of sp³-hybridized carbons (Fsp3) is 0.786. The van der Waals surface area contributed by atoms with Gasteiger partial charge in [-0.25, -0.2) is 0 Å². The number of piperidine rings is 1. The molecule has 4 nitrogen and oxygen atoms in total. The molecule has 0 aliphatic carbocycles. The highest BCUT2D eigenvalue weighted by Gasteiger charge is 2.22. The van der Waals surface area contributed by atoms with Gasteiger partial charge in [0.15, 0.2) is 0 Å². The summed E-state index contributed by atoms with van der Waals surface area (Å²) >= 11 is 0. The molecule has 0 radical (unpaired) electrons. The van der Waals surface area contributed by atoms with Gasteiger partial charge in [-0.1, -0.05) is 6.42 Å². The van der Waals surface area contributed by atoms with E-state index >= 15 is 0 Å². The van der Waals surface area contributed by atoms with Crippen LogP contribution in [-0.2, 0) is 13.6 Å². The zero-order valence-electron chi connectivity index (χ0n) is 12.2. The van der Waals surface area contributed by atoms with Crippen LogP contribution in [0.1, 0.15) is 44.4 Å². The Labute approximate surface area is 110 Å². The van der Waals surface area contributed by atoms with Crippen LogP contribution in [-0.4, -0.2) is 33.8 Å². The van der Waals surface area contributed by atoms with E-state index in [4.69, 9.17) is 0 Å². The Morgan fingerprint density at radius 1 is 1.39 bits per heavy atom. The van der Waals surface area contributed by atoms with Gasteiger partial charge >= 0.3 is 0 Å². The smallest absolute Gasteiger partial charge is 0.128 e. The van der Waals surface area contributed by atoms with Gasteiger partial charge in [0, 0.05) is 31.7 Å². The molecule has 0 saturated carbocycles. The maximum Gasteiger partial charge on any atom is 0.128 e. The van der Waals surface area contributed by atoms with Gasteiger partial charge in [0.1, 0.15) is 5.82 Å². The first-order valence-electron chi connectivity index (χ1n) is 7.13. The zero-order valence-corrected chi connectivity index (χ0v) is 12.2. The zero-order chi connectivity index (χ0) is 13.1. The van der Waals surface area contributed by atoms with Crippen LogP contribution >= 0.6 is 0 Å². The Kier molecular flexibility index (Phi) is 4.27. The number of aromatic nitrogens is 2. The summed E-state index contributed by atoms with van der Waals surface area (Å²) in [6.45, 7) is 9.80. The minimum Gasteiger partial charge on any atom is -0.370 e. The predicted molar refractivity (Wildman–Crippen MR) is 75.8 cm³/mol. The molecule has 1 fully saturated rings. The van der Waals surface area contributed by atoms with Gasteiger partial charge in [0.2, 0.25) is 0 Å². The highest BCUT2D eigenvalue weighted by molar-refractivity contribution is 5.47. The lowest BCUT2D eigenvalue weighted by atomic mass is 10.0. The molecule has 1 saturated heterocycles. The van der Waals surface area contributed by atoms with Crippen molar-refractivity contribution in [1.82, 2.24) is 14.7 Å². The van der Waals surface area contributed by atoms with E-state index in [-0.39, 0.29) is 0 Å². The maximum atomic E-state index is 4.55. The Morgan fingerprint density at radius 3 is 2.83 bits per heavy atom. The molecule has 1 unspecified atom stereocenters. The van der Waals surface area contributed by atoms with Gasteiger partial charge in [-0.3, -0.25) is 9.58 Å². The van der Waals surface area contributed by atoms with Crippen molar-refractivity contribution in [1.29, 1.82) is 0 Å². The molecule has 102 valence electrons. The standard InChI is InChI=1S/C14H26N4/c1-5-15-14-13(12(3)16-17(14)4)10-18-9-7-6-8-11(18)2/h11,15H,5-10H2,1-4H3. The summed E-state index contributed by atoms with van der Waals surface area (Å²) in [6.07, 6.45) is 4.04. The number of rotatable bonds is 4. The van der Waals surface area contributed by atoms with Gasteiger partial charge in [-0.2, -0.15) is 5.10 Å². The Bertz CT molecular complexity index is 397. The third kappa shape index (κ3) is 2.69. The minimum atomic E-state index is 0.702. The Hall–Kier alpha value is -1.03. The molecule has 1 aliphatic heterocycles. The average Bonchev–Trinajstić information content (AvgIpc) is 2.59. The van der Waals surface area contributed by atoms with Crippen molar-refractivity contribution in [2.75, 3.05) is 18.4 Å². The molecule has 1 aromatic rings. The van der Waals surface area contributed by atoms with E-state index < -0.39 is 0 Å². The van der Waals surface area contributed by atoms with E-state index in [9.17, 15) is 0 Å². The molecule has 0 amide bonds. The second-order valence-corrected chi connectivity index (χ2v) is 5.38. The third-order valence-corrected chi connectivity index (χ3v) is 3.99. The van der Waals surface area contributed by atoms with E-state index in [0.29, 0.717) is 6.04 Å². The number of hydrogen-bond acceptors (Lipinski definition) is 3. The molecule has 0 aromatic carbocycles. The van der Waals surface area contributed by atoms with Crippen LogP contribution in [0.4, 0.5) is 5.82 Å². The lowest BCUT2D eigenvalue weighted by Gasteiger charge is -2.33. The summed E-state index contributed by atoms with van der Waals surface area (Å²) in [5.74, 6) is 1.19. The van der Waals surface area contributed by atoms with Crippen LogP contribution in [0.25, 0.3) is 0 Å². The quantitative estimate of drug-likeness (QED) is 0.891. The van der Waals surface area contributed by atoms with Crippen molar-refractivity contribution in [3.63, 3.8) is 0 Å². The number of anilines is 1. The molecule has 0 spiro atoms. The number of likely N-dealkylation sites (tertiary alicyclic amines) is 1. The normalized spacial score (nSPS) is 21.2. The first kappa shape index (κ1) is 13.4. The first-order chi connectivity index (χ1) is 8.63. The molecule has 1 atom stereocenters. The minimum absolute atomic E-state index is 0.702. The predicted octanol–water partition coefficient (Wildman–Crippen LogP) is 2.53. The van der Waals surface area contributed by atoms with Gasteiger partial charge in [0.05, 0.1) is 5.69 Å². The van der Waals surface area contributed by atoms with Crippen LogP contribution in [0.3, 0.4) is 0 Å². The molecule has 18 heavy (non-hydrogen) atoms. The summed E-state index contributed by atoms with van der Waals surface area (Å²) in [5.41, 5.74) is 2.53. The van der Waals surface area contributed by atoms with E-state index in [1.54, 1.807) is 0 Å². The molecular weight excluding hydrogens is 224 g/mol. The van der Waals surface area contributed by atoms with Crippen LogP contribution < -0.4 is 5.32 Å². The molecule has 0 bridgehead atoms. The van der Waals surface area contributed by atoms with Gasteiger partial charge in [0.25, 0.3) is 0 Å². The third-order valence-electron chi connectivity index (χ3n) is 3.99. The van der Waals surface area contributed by atoms with E-state index in [1.165, 1.54) is 37.2 Å². The highest BCUT2D eigenvalue weighted by Crippen LogP contribution is 2.25. The van der Waals surface area contributed by atoms with E-state index in [2.05, 4.69) is 36.1 Å². The average molecular weight is 250 g/mol. The highest BCUT2D eigenvalue weighted by atomic mass is 15.3. The summed E-state index contributed by atoms with van der Waals surface area (Å²) in [6, 6.07) is 0.702. The fourth-order valence-electron chi connectivity index (χ4n) is 2.88. The lowest BCUT2D eigenvalue weighted by Crippen LogP contribution is -2.37. The molecular formula is C14H26N4. The summed E-state index contributed by atoms with van der Waals surface area (Å²) in [7, 11) is 2.02. The Balaban J connectivity index is 2.16. The molecule has 1 aromatic heterocycles. The molecule has 2 rings (SSSR count). The van der Waals surface area contributed by atoms with Crippen LogP contribution in [0.5, 0.6) is 0 Å². The summed E-state index contributed by atoms with van der Waals surface area (Å²) in [4.78, 5) is 2.59. The largest absolute Gasteiger partial charge is 0.370 e. The van der Waals surface area contributed by atoms with Gasteiger partial charge in [-0.15, -0.1) is 0 Å². The lowest BCUT2D eigenvalue weighted by molar-refractivity contribution is 0.152. The Morgan fingerprint density at radius 2 is 2.17 bits per heavy atom.